The number of methoxy groups -OCH3 is 2. The molecule has 0 aromatic heterocycles. The zero-order chi connectivity index (χ0) is 45.4. The number of amides is 1. The van der Waals surface area contributed by atoms with Gasteiger partial charge in [0.25, 0.3) is 0 Å². The summed E-state index contributed by atoms with van der Waals surface area (Å²) in [6.45, 7) is 15.5. The lowest BCUT2D eigenvalue weighted by atomic mass is 9.71. The van der Waals surface area contributed by atoms with Crippen molar-refractivity contribution in [2.24, 2.45) is 17.8 Å². The summed E-state index contributed by atoms with van der Waals surface area (Å²) in [6.07, 6.45) is 8.97. The van der Waals surface area contributed by atoms with Crippen molar-refractivity contribution in [1.82, 2.24) is 5.32 Å². The quantitative estimate of drug-likeness (QED) is 0.222. The Bertz CT molecular complexity index is 1790. The van der Waals surface area contributed by atoms with Gasteiger partial charge in [-0.15, -0.1) is 0 Å². The van der Waals surface area contributed by atoms with Gasteiger partial charge in [-0.05, 0) is 69.2 Å². The number of hydrogen-bond acceptors (Lipinski definition) is 14. The molecule has 6 heterocycles. The third-order valence-corrected chi connectivity index (χ3v) is 14.0. The zero-order valence-corrected chi connectivity index (χ0v) is 38.6. The zero-order valence-electron chi connectivity index (χ0n) is 38.6. The van der Waals surface area contributed by atoms with Crippen molar-refractivity contribution in [1.29, 1.82) is 0 Å². The van der Waals surface area contributed by atoms with Gasteiger partial charge in [0.2, 0.25) is 5.91 Å². The molecule has 7 rings (SSSR count). The maximum absolute atomic E-state index is 14.3. The molecule has 15 heteroatoms. The first-order valence-electron chi connectivity index (χ1n) is 22.9. The van der Waals surface area contributed by atoms with Gasteiger partial charge in [-0.2, -0.15) is 0 Å². The van der Waals surface area contributed by atoms with Crippen molar-refractivity contribution in [2.45, 2.75) is 191 Å². The third-order valence-electron chi connectivity index (χ3n) is 14.0. The first-order valence-corrected chi connectivity index (χ1v) is 22.9. The Labute approximate surface area is 372 Å². The Balaban J connectivity index is 1.14. The van der Waals surface area contributed by atoms with Crippen LogP contribution in [0.2, 0.25) is 0 Å². The smallest absolute Gasteiger partial charge is 0.316 e. The normalized spacial score (nSPS) is 44.7. The lowest BCUT2D eigenvalue weighted by Gasteiger charge is -2.48. The standard InChI is InChI=1S/C48H71NO14/c1-25(2)43-27(4)17-18-47(63-43)23-34-20-33(62-47)16-15-26(3)36(14-12-11-13-32-24-56-45-42(51)28(5)19-35(46(52)59-34)48(32,45)53)60-39-22-38(55-10)44(30(7)58-39)61-40-21-37(54-9)41(29(6)57-40)49-31(8)50/h11-13,15,17-19,25,27,29-30,33-45,51,53H,14,16,20-24H2,1-10H3,(H,49,50). The highest BCUT2D eigenvalue weighted by atomic mass is 16.7. The van der Waals surface area contributed by atoms with Crippen molar-refractivity contribution in [3.8, 4) is 0 Å². The van der Waals surface area contributed by atoms with Crippen molar-refractivity contribution in [3.63, 3.8) is 0 Å². The van der Waals surface area contributed by atoms with Gasteiger partial charge in [-0.3, -0.25) is 9.59 Å². The van der Waals surface area contributed by atoms with Crippen molar-refractivity contribution in [2.75, 3.05) is 20.8 Å². The summed E-state index contributed by atoms with van der Waals surface area (Å²) in [6, 6.07) is -0.312. The predicted octanol–water partition coefficient (Wildman–Crippen LogP) is 4.89. The Morgan fingerprint density at radius 3 is 2.37 bits per heavy atom. The number of esters is 1. The number of rotatable bonds is 8. The number of fused-ring (bicyclic) bond motifs is 2. The Morgan fingerprint density at radius 2 is 1.65 bits per heavy atom. The molecule has 0 aromatic carbocycles. The van der Waals surface area contributed by atoms with Crippen LogP contribution in [0.15, 0.2) is 59.3 Å². The second kappa shape index (κ2) is 20.0. The molecule has 1 aliphatic carbocycles. The molecule has 18 atom stereocenters. The maximum atomic E-state index is 14.3. The Hall–Kier alpha value is -2.80. The second-order valence-corrected chi connectivity index (χ2v) is 19.0. The first-order chi connectivity index (χ1) is 29.9. The summed E-state index contributed by atoms with van der Waals surface area (Å²) in [5, 5.41) is 26.6. The van der Waals surface area contributed by atoms with Crippen LogP contribution >= 0.6 is 0 Å². The molecule has 4 fully saturated rings. The monoisotopic (exact) mass is 885 g/mol. The fourth-order valence-electron chi connectivity index (χ4n) is 10.6. The lowest BCUT2D eigenvalue weighted by Crippen LogP contribution is -2.58. The van der Waals surface area contributed by atoms with Gasteiger partial charge in [-0.1, -0.05) is 57.2 Å². The predicted molar refractivity (Wildman–Crippen MR) is 230 cm³/mol. The van der Waals surface area contributed by atoms with Crippen LogP contribution in [0.3, 0.4) is 0 Å². The fraction of sp³-hybridized carbons (Fsp3) is 0.750. The van der Waals surface area contributed by atoms with E-state index in [1.807, 2.05) is 39.0 Å². The largest absolute Gasteiger partial charge is 0.462 e. The molecule has 63 heavy (non-hydrogen) atoms. The van der Waals surface area contributed by atoms with E-state index >= 15 is 0 Å². The molecule has 3 N–H and O–H groups in total. The van der Waals surface area contributed by atoms with Gasteiger partial charge in [0.15, 0.2) is 18.4 Å². The van der Waals surface area contributed by atoms with E-state index < -0.39 is 72.5 Å². The van der Waals surface area contributed by atoms with Gasteiger partial charge in [0.05, 0.1) is 55.4 Å². The Morgan fingerprint density at radius 1 is 0.937 bits per heavy atom. The topological polar surface area (TPSA) is 179 Å². The number of aliphatic hydroxyl groups excluding tert-OH is 1. The number of allylic oxidation sites excluding steroid dienone is 2. The number of aliphatic hydroxyl groups is 2. The summed E-state index contributed by atoms with van der Waals surface area (Å²) in [4.78, 5) is 26.2. The SMILES string of the molecule is COC1CC(OC2C(C)OC(OC3CC=CC=C4COC5C(O)C(C)=CC(C(=O)OC6CC(CC=C3C)OC3(C=CC(C)C(C(C)C)O3)C6)C45O)CC2OC)OC(C)C1NC(C)=O. The molecule has 0 radical (unpaired) electrons. The molecule has 2 bridgehead atoms. The number of carbonyl (C=O) groups excluding carboxylic acids is 2. The Kier molecular flexibility index (Phi) is 15.3. The van der Waals surface area contributed by atoms with Gasteiger partial charge in [0, 0.05) is 52.7 Å². The number of ether oxygens (including phenoxy) is 10. The molecule has 15 nitrogen and oxygen atoms in total. The van der Waals surface area contributed by atoms with Gasteiger partial charge >= 0.3 is 5.97 Å². The van der Waals surface area contributed by atoms with Gasteiger partial charge in [0.1, 0.15) is 35.9 Å². The van der Waals surface area contributed by atoms with Gasteiger partial charge < -0.3 is 62.9 Å². The van der Waals surface area contributed by atoms with Crippen LogP contribution in [0.5, 0.6) is 0 Å². The molecule has 6 aliphatic heterocycles. The van der Waals surface area contributed by atoms with E-state index in [1.54, 1.807) is 33.3 Å². The first kappa shape index (κ1) is 48.1. The molecule has 0 saturated carbocycles. The average Bonchev–Trinajstić information content (AvgIpc) is 3.57. The van der Waals surface area contributed by atoms with Crippen LogP contribution in [0.4, 0.5) is 0 Å². The van der Waals surface area contributed by atoms with Crippen LogP contribution in [0.25, 0.3) is 0 Å². The van der Waals surface area contributed by atoms with Crippen LogP contribution in [0, 0.1) is 17.8 Å². The van der Waals surface area contributed by atoms with E-state index in [9.17, 15) is 19.8 Å². The van der Waals surface area contributed by atoms with Crippen LogP contribution in [0.1, 0.15) is 93.9 Å². The fourth-order valence-corrected chi connectivity index (χ4v) is 10.6. The minimum atomic E-state index is -1.83. The summed E-state index contributed by atoms with van der Waals surface area (Å²) < 4.78 is 63.9. The van der Waals surface area contributed by atoms with Crippen LogP contribution in [-0.4, -0.2) is 140 Å². The van der Waals surface area contributed by atoms with E-state index in [0.717, 1.165) is 5.57 Å². The van der Waals surface area contributed by atoms with E-state index in [-0.39, 0.29) is 67.3 Å². The summed E-state index contributed by atoms with van der Waals surface area (Å²) in [7, 11) is 3.26. The molecule has 352 valence electrons. The third kappa shape index (κ3) is 10.3. The van der Waals surface area contributed by atoms with E-state index in [2.05, 4.69) is 38.2 Å². The summed E-state index contributed by atoms with van der Waals surface area (Å²) in [5.74, 6) is -2.59. The van der Waals surface area contributed by atoms with E-state index in [1.165, 1.54) is 6.92 Å². The van der Waals surface area contributed by atoms with Crippen molar-refractivity contribution in [3.05, 3.63) is 59.3 Å². The molecule has 4 saturated heterocycles. The van der Waals surface area contributed by atoms with Crippen molar-refractivity contribution < 1.29 is 67.2 Å². The molecule has 1 amide bonds. The van der Waals surface area contributed by atoms with E-state index in [0.29, 0.717) is 43.3 Å². The number of nitrogens with one attached hydrogen (secondary N) is 1. The number of carbonyl (C=O) groups is 2. The highest BCUT2D eigenvalue weighted by Crippen LogP contribution is 2.47. The summed E-state index contributed by atoms with van der Waals surface area (Å²) >= 11 is 0. The molecular weight excluding hydrogens is 815 g/mol. The average molecular weight is 886 g/mol. The number of hydrogen-bond donors (Lipinski definition) is 3. The molecule has 18 unspecified atom stereocenters. The molecule has 7 aliphatic rings. The van der Waals surface area contributed by atoms with E-state index in [4.69, 9.17) is 47.4 Å². The molecule has 1 spiro atoms. The van der Waals surface area contributed by atoms with Gasteiger partial charge in [-0.25, -0.2) is 0 Å². The molecular formula is C48H71NO14. The molecule has 0 aromatic rings. The summed E-state index contributed by atoms with van der Waals surface area (Å²) in [5.41, 5.74) is 0.129. The highest BCUT2D eigenvalue weighted by molar-refractivity contribution is 5.78. The minimum absolute atomic E-state index is 0.0322. The maximum Gasteiger partial charge on any atom is 0.316 e. The highest BCUT2D eigenvalue weighted by Gasteiger charge is 2.60. The van der Waals surface area contributed by atoms with Crippen LogP contribution < -0.4 is 5.32 Å². The van der Waals surface area contributed by atoms with Crippen LogP contribution in [-0.2, 0) is 57.0 Å². The minimum Gasteiger partial charge on any atom is -0.462 e. The van der Waals surface area contributed by atoms with Crippen molar-refractivity contribution >= 4 is 11.9 Å². The lowest BCUT2D eigenvalue weighted by molar-refractivity contribution is -0.310. The second-order valence-electron chi connectivity index (χ2n) is 19.0.